The molecular formula is C17H25ClN4O. The first-order valence-corrected chi connectivity index (χ1v) is 8.77. The van der Waals surface area contributed by atoms with Crippen LogP contribution in [-0.2, 0) is 4.74 Å². The smallest absolute Gasteiger partial charge is 0.191 e. The first-order chi connectivity index (χ1) is 11.2. The number of halogens is 1. The Kier molecular flexibility index (Phi) is 5.62. The fourth-order valence-corrected chi connectivity index (χ4v) is 3.27. The molecule has 3 rings (SSSR count). The third-order valence-corrected chi connectivity index (χ3v) is 4.80. The van der Waals surface area contributed by atoms with Gasteiger partial charge in [-0.2, -0.15) is 0 Å². The van der Waals surface area contributed by atoms with Gasteiger partial charge in [0.05, 0.1) is 6.10 Å². The highest BCUT2D eigenvalue weighted by Crippen LogP contribution is 2.19. The second kappa shape index (κ2) is 7.88. The Morgan fingerprint density at radius 3 is 2.61 bits per heavy atom. The zero-order valence-electron chi connectivity index (χ0n) is 13.5. The second-order valence-corrected chi connectivity index (χ2v) is 6.55. The van der Waals surface area contributed by atoms with Crippen molar-refractivity contribution < 1.29 is 4.74 Å². The van der Waals surface area contributed by atoms with E-state index in [1.165, 1.54) is 12.1 Å². The van der Waals surface area contributed by atoms with Gasteiger partial charge in [0.25, 0.3) is 0 Å². The van der Waals surface area contributed by atoms with Crippen molar-refractivity contribution in [1.29, 1.82) is 0 Å². The van der Waals surface area contributed by atoms with Crippen LogP contribution in [0.15, 0.2) is 29.3 Å². The molecule has 2 saturated heterocycles. The summed E-state index contributed by atoms with van der Waals surface area (Å²) >= 11 is 5.94. The van der Waals surface area contributed by atoms with Crippen molar-refractivity contribution in [1.82, 2.24) is 4.90 Å². The lowest BCUT2D eigenvalue weighted by Gasteiger charge is -2.36. The largest absolute Gasteiger partial charge is 0.378 e. The lowest BCUT2D eigenvalue weighted by atomic mass is 10.2. The van der Waals surface area contributed by atoms with Gasteiger partial charge in [-0.3, -0.25) is 4.99 Å². The summed E-state index contributed by atoms with van der Waals surface area (Å²) in [5.41, 5.74) is 7.35. The van der Waals surface area contributed by atoms with E-state index in [-0.39, 0.29) is 0 Å². The van der Waals surface area contributed by atoms with Crippen molar-refractivity contribution in [3.05, 3.63) is 29.3 Å². The summed E-state index contributed by atoms with van der Waals surface area (Å²) in [7, 11) is 0. The minimum Gasteiger partial charge on any atom is -0.378 e. The van der Waals surface area contributed by atoms with E-state index in [9.17, 15) is 0 Å². The van der Waals surface area contributed by atoms with Crippen LogP contribution in [0.25, 0.3) is 0 Å². The number of benzene rings is 1. The van der Waals surface area contributed by atoms with Gasteiger partial charge >= 0.3 is 0 Å². The third kappa shape index (κ3) is 4.52. The number of hydrogen-bond acceptors (Lipinski definition) is 3. The molecule has 0 amide bonds. The lowest BCUT2D eigenvalue weighted by molar-refractivity contribution is 0.106. The molecule has 2 fully saturated rings. The molecule has 0 bridgehead atoms. The predicted octanol–water partition coefficient (Wildman–Crippen LogP) is 2.35. The van der Waals surface area contributed by atoms with Crippen molar-refractivity contribution in [2.24, 2.45) is 10.7 Å². The van der Waals surface area contributed by atoms with Crippen molar-refractivity contribution in [3.63, 3.8) is 0 Å². The van der Waals surface area contributed by atoms with E-state index in [1.807, 2.05) is 12.1 Å². The number of guanidine groups is 1. The van der Waals surface area contributed by atoms with E-state index in [0.717, 1.165) is 57.2 Å². The van der Waals surface area contributed by atoms with Gasteiger partial charge in [0.1, 0.15) is 0 Å². The minimum atomic E-state index is 0.383. The molecule has 2 aliphatic rings. The van der Waals surface area contributed by atoms with Crippen molar-refractivity contribution in [3.8, 4) is 0 Å². The van der Waals surface area contributed by atoms with Crippen molar-refractivity contribution >= 4 is 23.2 Å². The fraction of sp³-hybridized carbons (Fsp3) is 0.588. The van der Waals surface area contributed by atoms with Gasteiger partial charge in [0.2, 0.25) is 0 Å². The first-order valence-electron chi connectivity index (χ1n) is 8.39. The molecular weight excluding hydrogens is 312 g/mol. The van der Waals surface area contributed by atoms with Crippen molar-refractivity contribution in [2.75, 3.05) is 44.2 Å². The number of nitrogens with zero attached hydrogens (tertiary/aromatic N) is 3. The molecule has 0 aromatic heterocycles. The monoisotopic (exact) mass is 336 g/mol. The molecule has 23 heavy (non-hydrogen) atoms. The highest BCUT2D eigenvalue weighted by atomic mass is 35.5. The van der Waals surface area contributed by atoms with Gasteiger partial charge in [-0.25, -0.2) is 0 Å². The highest BCUT2D eigenvalue weighted by molar-refractivity contribution is 6.30. The SMILES string of the molecule is NC(=NCCC1CCCO1)N1CCN(c2ccc(Cl)cc2)CC1. The van der Waals surface area contributed by atoms with Crippen LogP contribution in [0.4, 0.5) is 5.69 Å². The number of ether oxygens (including phenoxy) is 1. The Bertz CT molecular complexity index is 520. The zero-order chi connectivity index (χ0) is 16.1. The molecule has 0 spiro atoms. The van der Waals surface area contributed by atoms with Crippen molar-refractivity contribution in [2.45, 2.75) is 25.4 Å². The molecule has 126 valence electrons. The number of hydrogen-bond donors (Lipinski definition) is 1. The summed E-state index contributed by atoms with van der Waals surface area (Å²) in [4.78, 5) is 9.05. The molecule has 0 saturated carbocycles. The maximum absolute atomic E-state index is 6.14. The van der Waals surface area contributed by atoms with E-state index in [2.05, 4.69) is 26.9 Å². The van der Waals surface area contributed by atoms with E-state index in [0.29, 0.717) is 12.1 Å². The number of nitrogens with two attached hydrogens (primary N) is 1. The van der Waals surface area contributed by atoms with Gasteiger partial charge < -0.3 is 20.3 Å². The quantitative estimate of drug-likeness (QED) is 0.677. The number of piperazine rings is 1. The molecule has 0 aliphatic carbocycles. The van der Waals surface area contributed by atoms with Gasteiger partial charge in [0, 0.05) is 50.0 Å². The Labute approximate surface area is 143 Å². The molecule has 2 N–H and O–H groups in total. The predicted molar refractivity (Wildman–Crippen MR) is 95.3 cm³/mol. The first kappa shape index (κ1) is 16.4. The van der Waals surface area contributed by atoms with E-state index < -0.39 is 0 Å². The van der Waals surface area contributed by atoms with E-state index >= 15 is 0 Å². The molecule has 1 atom stereocenters. The second-order valence-electron chi connectivity index (χ2n) is 6.11. The molecule has 2 heterocycles. The van der Waals surface area contributed by atoms with Gasteiger partial charge in [-0.05, 0) is 43.5 Å². The molecule has 0 radical (unpaired) electrons. The normalized spacial score (nSPS) is 22.7. The summed E-state index contributed by atoms with van der Waals surface area (Å²) in [5, 5.41) is 0.773. The summed E-state index contributed by atoms with van der Waals surface area (Å²) < 4.78 is 5.61. The van der Waals surface area contributed by atoms with Crippen LogP contribution in [0.5, 0.6) is 0 Å². The molecule has 1 unspecified atom stereocenters. The third-order valence-electron chi connectivity index (χ3n) is 4.54. The maximum Gasteiger partial charge on any atom is 0.191 e. The fourth-order valence-electron chi connectivity index (χ4n) is 3.14. The number of aliphatic imine (C=N–C) groups is 1. The highest BCUT2D eigenvalue weighted by Gasteiger charge is 2.19. The summed E-state index contributed by atoms with van der Waals surface area (Å²) in [6.07, 6.45) is 3.70. The number of anilines is 1. The van der Waals surface area contributed by atoms with Gasteiger partial charge in [0.15, 0.2) is 5.96 Å². The molecule has 6 heteroatoms. The Balaban J connectivity index is 1.44. The van der Waals surface area contributed by atoms with Crippen LogP contribution in [0.3, 0.4) is 0 Å². The molecule has 5 nitrogen and oxygen atoms in total. The summed E-state index contributed by atoms with van der Waals surface area (Å²) in [6, 6.07) is 8.00. The van der Waals surface area contributed by atoms with Crippen LogP contribution in [-0.4, -0.2) is 56.3 Å². The lowest BCUT2D eigenvalue weighted by Crippen LogP contribution is -2.51. The van der Waals surface area contributed by atoms with Crippen LogP contribution in [0.1, 0.15) is 19.3 Å². The van der Waals surface area contributed by atoms with Crippen LogP contribution < -0.4 is 10.6 Å². The summed E-state index contributed by atoms with van der Waals surface area (Å²) in [6.45, 7) is 5.35. The summed E-state index contributed by atoms with van der Waals surface area (Å²) in [5.74, 6) is 0.666. The number of rotatable bonds is 4. The van der Waals surface area contributed by atoms with E-state index in [1.54, 1.807) is 0 Å². The molecule has 1 aromatic carbocycles. The van der Waals surface area contributed by atoms with E-state index in [4.69, 9.17) is 22.1 Å². The Morgan fingerprint density at radius 2 is 1.96 bits per heavy atom. The Morgan fingerprint density at radius 1 is 1.22 bits per heavy atom. The zero-order valence-corrected chi connectivity index (χ0v) is 14.2. The molecule has 2 aliphatic heterocycles. The van der Waals surface area contributed by atoms with Gasteiger partial charge in [-0.1, -0.05) is 11.6 Å². The van der Waals surface area contributed by atoms with Crippen LogP contribution in [0.2, 0.25) is 5.02 Å². The van der Waals surface area contributed by atoms with Crippen LogP contribution in [0, 0.1) is 0 Å². The van der Waals surface area contributed by atoms with Crippen LogP contribution >= 0.6 is 11.6 Å². The topological polar surface area (TPSA) is 54.1 Å². The van der Waals surface area contributed by atoms with Gasteiger partial charge in [-0.15, -0.1) is 0 Å². The average Bonchev–Trinajstić information content (AvgIpc) is 3.09. The maximum atomic E-state index is 6.14. The minimum absolute atomic E-state index is 0.383. The molecule has 1 aromatic rings. The standard InChI is InChI=1S/C17H25ClN4O/c18-14-3-5-15(6-4-14)21-9-11-22(12-10-21)17(19)20-8-7-16-2-1-13-23-16/h3-6,16H,1-2,7-13H2,(H2,19,20). The average molecular weight is 337 g/mol. The Hall–Kier alpha value is -1.46.